The van der Waals surface area contributed by atoms with Crippen LogP contribution in [0, 0.1) is 5.82 Å². The molecule has 0 bridgehead atoms. The van der Waals surface area contributed by atoms with E-state index in [0.717, 1.165) is 12.3 Å². The molecule has 3 N–H and O–H groups in total. The van der Waals surface area contributed by atoms with Crippen molar-refractivity contribution in [1.82, 2.24) is 24.7 Å². The highest BCUT2D eigenvalue weighted by Crippen LogP contribution is 2.32. The molecule has 4 aromatic rings. The molecule has 9 nitrogen and oxygen atoms in total. The van der Waals surface area contributed by atoms with Gasteiger partial charge in [0.2, 0.25) is 0 Å². The molecule has 0 aliphatic heterocycles. The quantitative estimate of drug-likeness (QED) is 0.207. The molecule has 4 rings (SSSR count). The molecule has 3 heterocycles. The van der Waals surface area contributed by atoms with Gasteiger partial charge in [0.15, 0.2) is 5.82 Å². The first kappa shape index (κ1) is 28.2. The maximum Gasteiger partial charge on any atom is 0.423 e. The van der Waals surface area contributed by atoms with Crippen LogP contribution in [0.5, 0.6) is 0 Å². The minimum absolute atomic E-state index is 0.0276. The Morgan fingerprint density at radius 1 is 1.15 bits per heavy atom. The monoisotopic (exact) mass is 568 g/mol. The molecule has 0 amide bonds. The number of fused-ring (bicyclic) bond motifs is 1. The molecule has 0 saturated heterocycles. The van der Waals surface area contributed by atoms with Gasteiger partial charge in [-0.15, -0.1) is 0 Å². The highest BCUT2D eigenvalue weighted by Gasteiger charge is 2.37. The summed E-state index contributed by atoms with van der Waals surface area (Å²) in [7, 11) is 1.96. The molecule has 0 radical (unpaired) electrons. The van der Waals surface area contributed by atoms with E-state index in [4.69, 9.17) is 0 Å². The Balaban J connectivity index is 1.49. The van der Waals surface area contributed by atoms with Gasteiger partial charge in [-0.05, 0) is 36.4 Å². The van der Waals surface area contributed by atoms with Crippen LogP contribution >= 0.6 is 9.24 Å². The number of aryl methyl sites for hydroxylation is 1. The van der Waals surface area contributed by atoms with Crippen molar-refractivity contribution in [3.8, 4) is 11.4 Å². The Kier molecular flexibility index (Phi) is 8.36. The van der Waals surface area contributed by atoms with Crippen molar-refractivity contribution in [3.05, 3.63) is 80.6 Å². The Bertz CT molecular complexity index is 1590. The lowest BCUT2D eigenvalue weighted by atomic mass is 10.1. The molecule has 3 atom stereocenters. The van der Waals surface area contributed by atoms with Gasteiger partial charge in [-0.3, -0.25) is 9.59 Å². The zero-order chi connectivity index (χ0) is 28.3. The number of hydrogen-bond acceptors (Lipinski definition) is 7. The molecule has 2 unspecified atom stereocenters. The molecular weight excluding hydrogens is 546 g/mol. The molecule has 39 heavy (non-hydrogen) atoms. The SMILES string of the molecule is O=c1[nH]ncc(N[C@@H](CO)CCCn2ccc3cc(-c4ncc(C(F)P)cn4)c(F)cc3c2=O)c1C(F)(F)F. The summed E-state index contributed by atoms with van der Waals surface area (Å²) in [6.45, 7) is -0.420. The van der Waals surface area contributed by atoms with Crippen molar-refractivity contribution in [2.45, 2.75) is 37.5 Å². The van der Waals surface area contributed by atoms with Gasteiger partial charge in [0.25, 0.3) is 11.1 Å². The summed E-state index contributed by atoms with van der Waals surface area (Å²) in [6.07, 6.45) is 0.244. The summed E-state index contributed by atoms with van der Waals surface area (Å²) in [5.41, 5.74) is -3.70. The Labute approximate surface area is 219 Å². The molecule has 0 saturated carbocycles. The predicted molar refractivity (Wildman–Crippen MR) is 136 cm³/mol. The lowest BCUT2D eigenvalue weighted by Gasteiger charge is -2.20. The number of aromatic nitrogens is 5. The normalized spacial score (nSPS) is 13.4. The number of nitrogens with zero attached hydrogens (tertiary/aromatic N) is 4. The maximum atomic E-state index is 14.9. The van der Waals surface area contributed by atoms with Gasteiger partial charge in [-0.2, -0.15) is 18.3 Å². The van der Waals surface area contributed by atoms with Crippen molar-refractivity contribution < 1.29 is 27.1 Å². The lowest BCUT2D eigenvalue weighted by molar-refractivity contribution is -0.138. The molecule has 0 fully saturated rings. The van der Waals surface area contributed by atoms with Crippen LogP contribution in [-0.2, 0) is 12.7 Å². The van der Waals surface area contributed by atoms with E-state index in [-0.39, 0.29) is 41.7 Å². The van der Waals surface area contributed by atoms with Crippen molar-refractivity contribution in [3.63, 3.8) is 0 Å². The van der Waals surface area contributed by atoms with Crippen LogP contribution in [0.15, 0.2) is 52.6 Å². The molecule has 3 aromatic heterocycles. The molecule has 1 aromatic carbocycles. The van der Waals surface area contributed by atoms with Gasteiger partial charge in [-0.25, -0.2) is 23.8 Å². The van der Waals surface area contributed by atoms with E-state index in [0.29, 0.717) is 5.39 Å². The zero-order valence-electron chi connectivity index (χ0n) is 20.0. The predicted octanol–water partition coefficient (Wildman–Crippen LogP) is 3.80. The van der Waals surface area contributed by atoms with Crippen LogP contribution in [0.3, 0.4) is 0 Å². The number of nitrogens with one attached hydrogen (secondary N) is 2. The third kappa shape index (κ3) is 6.28. The molecule has 0 aliphatic rings. The van der Waals surface area contributed by atoms with E-state index < -0.39 is 52.9 Å². The number of hydrogen-bond donors (Lipinski definition) is 3. The number of anilines is 1. The van der Waals surface area contributed by atoms with Crippen LogP contribution in [0.25, 0.3) is 22.2 Å². The van der Waals surface area contributed by atoms with E-state index >= 15 is 0 Å². The van der Waals surface area contributed by atoms with Crippen LogP contribution in [0.1, 0.15) is 29.9 Å². The fourth-order valence-electron chi connectivity index (χ4n) is 4.00. The van der Waals surface area contributed by atoms with Gasteiger partial charge in [0, 0.05) is 36.7 Å². The summed E-state index contributed by atoms with van der Waals surface area (Å²) < 4.78 is 69.4. The first-order chi connectivity index (χ1) is 18.5. The minimum atomic E-state index is -4.94. The number of aliphatic hydroxyl groups excluding tert-OH is 1. The van der Waals surface area contributed by atoms with Crippen molar-refractivity contribution in [2.24, 2.45) is 0 Å². The number of H-pyrrole nitrogens is 1. The highest BCUT2D eigenvalue weighted by molar-refractivity contribution is 7.16. The smallest absolute Gasteiger partial charge is 0.394 e. The number of rotatable bonds is 9. The summed E-state index contributed by atoms with van der Waals surface area (Å²) in [4.78, 5) is 32.6. The van der Waals surface area contributed by atoms with Crippen LogP contribution in [0.2, 0.25) is 0 Å². The first-order valence-corrected chi connectivity index (χ1v) is 12.2. The fourth-order valence-corrected chi connectivity index (χ4v) is 4.17. The third-order valence-corrected chi connectivity index (χ3v) is 6.35. The molecule has 206 valence electrons. The number of aromatic amines is 1. The zero-order valence-corrected chi connectivity index (χ0v) is 21.2. The second-order valence-corrected chi connectivity index (χ2v) is 9.21. The molecular formula is C24H22F5N6O3P. The molecule has 0 spiro atoms. The van der Waals surface area contributed by atoms with E-state index in [9.17, 15) is 36.6 Å². The number of aliphatic hydroxyl groups is 1. The average Bonchev–Trinajstić information content (AvgIpc) is 2.88. The van der Waals surface area contributed by atoms with Gasteiger partial charge in [-0.1, -0.05) is 9.24 Å². The Hall–Kier alpha value is -3.77. The number of benzene rings is 1. The van der Waals surface area contributed by atoms with E-state index in [1.165, 1.54) is 29.2 Å². The number of halogens is 5. The van der Waals surface area contributed by atoms with Crippen LogP contribution in [-0.4, -0.2) is 42.5 Å². The molecule has 0 aliphatic carbocycles. The highest BCUT2D eigenvalue weighted by atomic mass is 31.0. The lowest BCUT2D eigenvalue weighted by Crippen LogP contribution is -2.30. The summed E-state index contributed by atoms with van der Waals surface area (Å²) in [5, 5.41) is 17.8. The fraction of sp³-hybridized carbons (Fsp3) is 0.292. The second-order valence-electron chi connectivity index (χ2n) is 8.63. The van der Waals surface area contributed by atoms with Gasteiger partial charge in [0.05, 0.1) is 29.4 Å². The Morgan fingerprint density at radius 3 is 2.51 bits per heavy atom. The molecule has 15 heteroatoms. The Morgan fingerprint density at radius 2 is 1.87 bits per heavy atom. The van der Waals surface area contributed by atoms with Gasteiger partial charge in [0.1, 0.15) is 17.3 Å². The number of alkyl halides is 4. The first-order valence-electron chi connectivity index (χ1n) is 11.6. The third-order valence-electron chi connectivity index (χ3n) is 5.97. The standard InChI is InChI=1S/C24H22F5N6O3P/c25-17-7-15-12(6-16(17)21-30-8-13(9-31-21)20(26)39)3-5-35(23(15)38)4-1-2-14(11-36)33-18-10-32-34-22(37)19(18)24(27,28)29/h3,5-10,14,20,36H,1-2,4,11,39H2,(H2,33,34,37)/t14-,20?/m1/s1. The summed E-state index contributed by atoms with van der Waals surface area (Å²) >= 11 is 0. The van der Waals surface area contributed by atoms with Crippen LogP contribution < -0.4 is 16.4 Å². The average molecular weight is 568 g/mol. The van der Waals surface area contributed by atoms with Crippen LogP contribution in [0.4, 0.5) is 27.6 Å². The summed E-state index contributed by atoms with van der Waals surface area (Å²) in [6, 6.07) is 3.20. The van der Waals surface area contributed by atoms with Crippen molar-refractivity contribution >= 4 is 25.7 Å². The number of pyridine rings is 1. The second kappa shape index (κ2) is 11.5. The van der Waals surface area contributed by atoms with E-state index in [1.807, 2.05) is 9.24 Å². The van der Waals surface area contributed by atoms with E-state index in [2.05, 4.69) is 20.4 Å². The summed E-state index contributed by atoms with van der Waals surface area (Å²) in [5.74, 6) is -2.08. The minimum Gasteiger partial charge on any atom is -0.394 e. The van der Waals surface area contributed by atoms with Crippen molar-refractivity contribution in [1.29, 1.82) is 0 Å². The maximum absolute atomic E-state index is 14.9. The topological polar surface area (TPSA) is 126 Å². The van der Waals surface area contributed by atoms with Crippen molar-refractivity contribution in [2.75, 3.05) is 11.9 Å². The van der Waals surface area contributed by atoms with Gasteiger partial charge >= 0.3 is 6.18 Å². The van der Waals surface area contributed by atoms with Gasteiger partial charge < -0.3 is 15.0 Å². The largest absolute Gasteiger partial charge is 0.423 e. The van der Waals surface area contributed by atoms with E-state index in [1.54, 1.807) is 11.2 Å².